The first-order chi connectivity index (χ1) is 8.50. The molecule has 0 unspecified atom stereocenters. The molecule has 2 aromatic rings. The Kier molecular flexibility index (Phi) is 3.06. The number of ketones is 1. The van der Waals surface area contributed by atoms with Gasteiger partial charge in [0.05, 0.1) is 11.3 Å². The summed E-state index contributed by atoms with van der Waals surface area (Å²) in [6.45, 7) is 0. The van der Waals surface area contributed by atoms with E-state index in [1.165, 1.54) is 12.1 Å². The number of halogens is 3. The van der Waals surface area contributed by atoms with E-state index >= 15 is 0 Å². The van der Waals surface area contributed by atoms with Gasteiger partial charge in [-0.1, -0.05) is 6.07 Å². The highest BCUT2D eigenvalue weighted by Gasteiger charge is 2.19. The van der Waals surface area contributed by atoms with Crippen molar-refractivity contribution in [1.82, 2.24) is 0 Å². The Labute approximate surface area is 101 Å². The normalized spacial score (nSPS) is 10.4. The first-order valence-electron chi connectivity index (χ1n) is 5.04. The van der Waals surface area contributed by atoms with E-state index in [0.29, 0.717) is 0 Å². The molecule has 0 amide bonds. The van der Waals surface area contributed by atoms with Gasteiger partial charge >= 0.3 is 0 Å². The van der Waals surface area contributed by atoms with Crippen LogP contribution in [0.4, 0.5) is 18.9 Å². The minimum Gasteiger partial charge on any atom is -0.396 e. The Balaban J connectivity index is 2.51. The quantitative estimate of drug-likeness (QED) is 0.658. The van der Waals surface area contributed by atoms with Crippen LogP contribution in [0.3, 0.4) is 0 Å². The van der Waals surface area contributed by atoms with E-state index in [2.05, 4.69) is 0 Å². The molecule has 0 fully saturated rings. The molecule has 2 nitrogen and oxygen atoms in total. The van der Waals surface area contributed by atoms with Crippen molar-refractivity contribution in [2.24, 2.45) is 0 Å². The fraction of sp³-hybridized carbons (Fsp3) is 0. The Morgan fingerprint density at radius 3 is 2.11 bits per heavy atom. The number of hydrogen-bond donors (Lipinski definition) is 1. The molecule has 0 aliphatic rings. The molecule has 0 saturated heterocycles. The predicted molar refractivity (Wildman–Crippen MR) is 60.6 cm³/mol. The molecule has 0 radical (unpaired) electrons. The number of carbonyl (C=O) groups excluding carboxylic acids is 1. The fourth-order valence-electron chi connectivity index (χ4n) is 1.53. The summed E-state index contributed by atoms with van der Waals surface area (Å²) in [5, 5.41) is 0. The second-order valence-corrected chi connectivity index (χ2v) is 3.66. The van der Waals surface area contributed by atoms with Gasteiger partial charge in [0, 0.05) is 5.56 Å². The van der Waals surface area contributed by atoms with Gasteiger partial charge in [0.1, 0.15) is 17.5 Å². The predicted octanol–water partition coefficient (Wildman–Crippen LogP) is 2.92. The third-order valence-corrected chi connectivity index (χ3v) is 2.45. The first kappa shape index (κ1) is 12.2. The third kappa shape index (κ3) is 2.07. The lowest BCUT2D eigenvalue weighted by atomic mass is 10.0. The summed E-state index contributed by atoms with van der Waals surface area (Å²) in [6, 6.07) is 6.30. The number of rotatable bonds is 2. The Bertz CT molecular complexity index is 605. The van der Waals surface area contributed by atoms with E-state index in [9.17, 15) is 18.0 Å². The van der Waals surface area contributed by atoms with Gasteiger partial charge < -0.3 is 5.73 Å². The lowest BCUT2D eigenvalue weighted by Crippen LogP contribution is -2.08. The zero-order valence-electron chi connectivity index (χ0n) is 9.08. The van der Waals surface area contributed by atoms with E-state index < -0.39 is 28.8 Å². The maximum atomic E-state index is 13.4. The van der Waals surface area contributed by atoms with E-state index in [1.54, 1.807) is 0 Å². The molecule has 2 N–H and O–H groups in total. The van der Waals surface area contributed by atoms with Crippen molar-refractivity contribution in [3.05, 3.63) is 65.0 Å². The maximum Gasteiger partial charge on any atom is 0.199 e. The van der Waals surface area contributed by atoms with E-state index in [-0.39, 0.29) is 11.3 Å². The Morgan fingerprint density at radius 1 is 0.944 bits per heavy atom. The monoisotopic (exact) mass is 251 g/mol. The summed E-state index contributed by atoms with van der Waals surface area (Å²) < 4.78 is 40.0. The molecular formula is C13H8F3NO. The van der Waals surface area contributed by atoms with E-state index in [0.717, 1.165) is 24.3 Å². The van der Waals surface area contributed by atoms with Crippen molar-refractivity contribution in [1.29, 1.82) is 0 Å². The minimum absolute atomic E-state index is 0.138. The van der Waals surface area contributed by atoms with Gasteiger partial charge in [0.2, 0.25) is 0 Å². The van der Waals surface area contributed by atoms with Gasteiger partial charge in [-0.25, -0.2) is 13.2 Å². The highest BCUT2D eigenvalue weighted by Crippen LogP contribution is 2.19. The lowest BCUT2D eigenvalue weighted by Gasteiger charge is -2.05. The summed E-state index contributed by atoms with van der Waals surface area (Å²) in [6.07, 6.45) is 0. The van der Waals surface area contributed by atoms with Gasteiger partial charge in [0.15, 0.2) is 5.78 Å². The molecule has 0 bridgehead atoms. The van der Waals surface area contributed by atoms with Gasteiger partial charge in [-0.05, 0) is 30.3 Å². The maximum absolute atomic E-state index is 13.4. The van der Waals surface area contributed by atoms with Crippen molar-refractivity contribution in [3.8, 4) is 0 Å². The topological polar surface area (TPSA) is 43.1 Å². The highest BCUT2D eigenvalue weighted by molar-refractivity contribution is 6.09. The van der Waals surface area contributed by atoms with Crippen molar-refractivity contribution in [2.45, 2.75) is 0 Å². The number of anilines is 1. The Hall–Kier alpha value is -2.30. The first-order valence-corrected chi connectivity index (χ1v) is 5.04. The smallest absolute Gasteiger partial charge is 0.199 e. The van der Waals surface area contributed by atoms with Crippen LogP contribution in [0.15, 0.2) is 36.4 Å². The average Bonchev–Trinajstić information content (AvgIpc) is 2.32. The molecule has 0 aliphatic carbocycles. The highest BCUT2D eigenvalue weighted by atomic mass is 19.1. The van der Waals surface area contributed by atoms with Crippen molar-refractivity contribution in [3.63, 3.8) is 0 Å². The largest absolute Gasteiger partial charge is 0.396 e. The van der Waals surface area contributed by atoms with Crippen LogP contribution in [0.25, 0.3) is 0 Å². The van der Waals surface area contributed by atoms with Gasteiger partial charge in [-0.2, -0.15) is 0 Å². The number of hydrogen-bond acceptors (Lipinski definition) is 2. The van der Waals surface area contributed by atoms with E-state index in [1.807, 2.05) is 0 Å². The number of carbonyl (C=O) groups is 1. The van der Waals surface area contributed by atoms with Crippen LogP contribution >= 0.6 is 0 Å². The Morgan fingerprint density at radius 2 is 1.56 bits per heavy atom. The fourth-order valence-corrected chi connectivity index (χ4v) is 1.53. The summed E-state index contributed by atoms with van der Waals surface area (Å²) in [5.41, 5.74) is 4.25. The molecule has 5 heteroatoms. The third-order valence-electron chi connectivity index (χ3n) is 2.45. The van der Waals surface area contributed by atoms with Crippen LogP contribution in [-0.4, -0.2) is 5.78 Å². The molecule has 2 rings (SSSR count). The molecule has 0 spiro atoms. The summed E-state index contributed by atoms with van der Waals surface area (Å²) in [5.74, 6) is -3.71. The molecule has 0 heterocycles. The second kappa shape index (κ2) is 4.52. The molecule has 0 saturated carbocycles. The zero-order valence-corrected chi connectivity index (χ0v) is 9.08. The van der Waals surface area contributed by atoms with Crippen molar-refractivity contribution in [2.75, 3.05) is 5.73 Å². The zero-order chi connectivity index (χ0) is 13.3. The lowest BCUT2D eigenvalue weighted by molar-refractivity contribution is 0.103. The molecule has 0 atom stereocenters. The number of benzene rings is 2. The molecule has 18 heavy (non-hydrogen) atoms. The minimum atomic E-state index is -0.989. The second-order valence-electron chi connectivity index (χ2n) is 3.66. The summed E-state index contributed by atoms with van der Waals surface area (Å²) >= 11 is 0. The van der Waals surface area contributed by atoms with Crippen LogP contribution in [0.2, 0.25) is 0 Å². The van der Waals surface area contributed by atoms with Crippen LogP contribution in [0.1, 0.15) is 15.9 Å². The van der Waals surface area contributed by atoms with Crippen molar-refractivity contribution < 1.29 is 18.0 Å². The van der Waals surface area contributed by atoms with Gasteiger partial charge in [-0.3, -0.25) is 4.79 Å². The van der Waals surface area contributed by atoms with Crippen LogP contribution in [-0.2, 0) is 0 Å². The molecular weight excluding hydrogens is 243 g/mol. The molecule has 0 aliphatic heterocycles. The van der Waals surface area contributed by atoms with Crippen molar-refractivity contribution >= 4 is 11.5 Å². The number of nitrogens with two attached hydrogens (primary N) is 1. The number of nitrogen functional groups attached to an aromatic ring is 1. The average molecular weight is 251 g/mol. The van der Waals surface area contributed by atoms with Gasteiger partial charge in [-0.15, -0.1) is 0 Å². The molecule has 0 aromatic heterocycles. The van der Waals surface area contributed by atoms with Crippen LogP contribution in [0, 0.1) is 17.5 Å². The standard InChI is InChI=1S/C13H8F3NO/c14-8-2-1-3-9(15)12(8)13(18)7-4-5-11(17)10(16)6-7/h1-6H,17H2. The summed E-state index contributed by atoms with van der Waals surface area (Å²) in [4.78, 5) is 11.9. The van der Waals surface area contributed by atoms with Crippen LogP contribution < -0.4 is 5.73 Å². The van der Waals surface area contributed by atoms with Gasteiger partial charge in [0.25, 0.3) is 0 Å². The summed E-state index contributed by atoms with van der Waals surface area (Å²) in [7, 11) is 0. The van der Waals surface area contributed by atoms with E-state index in [4.69, 9.17) is 5.73 Å². The van der Waals surface area contributed by atoms with Crippen LogP contribution in [0.5, 0.6) is 0 Å². The SMILES string of the molecule is Nc1ccc(C(=O)c2c(F)cccc2F)cc1F. The molecule has 2 aromatic carbocycles. The molecule has 92 valence electrons.